The summed E-state index contributed by atoms with van der Waals surface area (Å²) in [6.07, 6.45) is -0.0797. The van der Waals surface area contributed by atoms with Crippen LogP contribution in [-0.4, -0.2) is 16.2 Å². The van der Waals surface area contributed by atoms with Crippen LogP contribution < -0.4 is 10.5 Å². The Kier molecular flexibility index (Phi) is 3.56. The Balaban J connectivity index is 2.17. The van der Waals surface area contributed by atoms with Gasteiger partial charge in [0.15, 0.2) is 0 Å². The van der Waals surface area contributed by atoms with Crippen LogP contribution in [0.15, 0.2) is 42.5 Å². The van der Waals surface area contributed by atoms with Gasteiger partial charge in [-0.2, -0.15) is 0 Å². The molecule has 4 N–H and O–H groups in total. The highest BCUT2D eigenvalue weighted by Crippen LogP contribution is 2.29. The highest BCUT2D eigenvalue weighted by Gasteiger charge is 2.06. The minimum absolute atomic E-state index is 0.0797. The number of rotatable bonds is 4. The third-order valence-electron chi connectivity index (χ3n) is 2.49. The van der Waals surface area contributed by atoms with E-state index < -0.39 is 5.97 Å². The fourth-order valence-corrected chi connectivity index (χ4v) is 1.62. The highest BCUT2D eigenvalue weighted by atomic mass is 16.5. The van der Waals surface area contributed by atoms with E-state index in [1.165, 1.54) is 12.1 Å². The second-order valence-corrected chi connectivity index (χ2v) is 4.04. The second kappa shape index (κ2) is 5.30. The molecule has 0 heterocycles. The van der Waals surface area contributed by atoms with Crippen molar-refractivity contribution in [3.05, 3.63) is 48.0 Å². The Bertz CT molecular complexity index is 593. The molecule has 98 valence electrons. The van der Waals surface area contributed by atoms with Crippen molar-refractivity contribution in [1.29, 1.82) is 0 Å². The van der Waals surface area contributed by atoms with E-state index in [0.717, 1.165) is 0 Å². The molecule has 5 nitrogen and oxygen atoms in total. The molecule has 0 aromatic heterocycles. The SMILES string of the molecule is Nc1cc(CC(=O)O)ccc1Oc1ccc(O)cc1. The number of carboxylic acids is 1. The zero-order valence-electron chi connectivity index (χ0n) is 10.0. The Morgan fingerprint density at radius 3 is 2.42 bits per heavy atom. The number of aliphatic carboxylic acids is 1. The average Bonchev–Trinajstić information content (AvgIpc) is 2.34. The van der Waals surface area contributed by atoms with Gasteiger partial charge in [-0.25, -0.2) is 0 Å². The number of hydrogen-bond acceptors (Lipinski definition) is 4. The molecular weight excluding hydrogens is 246 g/mol. The molecule has 0 aliphatic heterocycles. The molecule has 0 amide bonds. The van der Waals surface area contributed by atoms with Crippen molar-refractivity contribution in [2.24, 2.45) is 0 Å². The smallest absolute Gasteiger partial charge is 0.307 e. The van der Waals surface area contributed by atoms with Gasteiger partial charge < -0.3 is 20.7 Å². The number of aromatic hydroxyl groups is 1. The third kappa shape index (κ3) is 3.38. The van der Waals surface area contributed by atoms with E-state index >= 15 is 0 Å². The van der Waals surface area contributed by atoms with Gasteiger partial charge in [-0.15, -0.1) is 0 Å². The molecule has 19 heavy (non-hydrogen) atoms. The standard InChI is InChI=1S/C14H13NO4/c15-12-7-9(8-14(17)18)1-6-13(12)19-11-4-2-10(16)3-5-11/h1-7,16H,8,15H2,(H,17,18). The monoisotopic (exact) mass is 259 g/mol. The Morgan fingerprint density at radius 2 is 1.84 bits per heavy atom. The summed E-state index contributed by atoms with van der Waals surface area (Å²) in [4.78, 5) is 10.6. The maximum absolute atomic E-state index is 10.6. The van der Waals surface area contributed by atoms with Gasteiger partial charge in [0, 0.05) is 0 Å². The zero-order chi connectivity index (χ0) is 13.8. The van der Waals surface area contributed by atoms with Crippen LogP contribution in [0.3, 0.4) is 0 Å². The Morgan fingerprint density at radius 1 is 1.16 bits per heavy atom. The maximum atomic E-state index is 10.6. The number of nitrogens with two attached hydrogens (primary N) is 1. The van der Waals surface area contributed by atoms with Gasteiger partial charge >= 0.3 is 5.97 Å². The molecule has 0 saturated carbocycles. The van der Waals surface area contributed by atoms with Crippen molar-refractivity contribution in [3.8, 4) is 17.2 Å². The van der Waals surface area contributed by atoms with Gasteiger partial charge in [0.2, 0.25) is 0 Å². The minimum atomic E-state index is -0.911. The van der Waals surface area contributed by atoms with Gasteiger partial charge in [-0.1, -0.05) is 6.07 Å². The summed E-state index contributed by atoms with van der Waals surface area (Å²) in [6.45, 7) is 0. The lowest BCUT2D eigenvalue weighted by Crippen LogP contribution is -2.01. The van der Waals surface area contributed by atoms with Crippen LogP contribution in [0.1, 0.15) is 5.56 Å². The number of carbonyl (C=O) groups is 1. The van der Waals surface area contributed by atoms with Gasteiger partial charge in [0.1, 0.15) is 17.2 Å². The van der Waals surface area contributed by atoms with Crippen molar-refractivity contribution in [1.82, 2.24) is 0 Å². The zero-order valence-corrected chi connectivity index (χ0v) is 10.0. The number of benzene rings is 2. The maximum Gasteiger partial charge on any atom is 0.307 e. The van der Waals surface area contributed by atoms with E-state index in [9.17, 15) is 4.79 Å². The molecule has 0 radical (unpaired) electrons. The van der Waals surface area contributed by atoms with Crippen LogP contribution in [0.4, 0.5) is 5.69 Å². The molecule has 0 bridgehead atoms. The van der Waals surface area contributed by atoms with Crippen LogP contribution in [-0.2, 0) is 11.2 Å². The number of phenolic OH excluding ortho intramolecular Hbond substituents is 1. The molecule has 2 aromatic carbocycles. The van der Waals surface area contributed by atoms with Gasteiger partial charge in [-0.3, -0.25) is 4.79 Å². The van der Waals surface area contributed by atoms with E-state index in [2.05, 4.69) is 0 Å². The first kappa shape index (κ1) is 12.8. The van der Waals surface area contributed by atoms with Crippen molar-refractivity contribution in [2.75, 3.05) is 5.73 Å². The van der Waals surface area contributed by atoms with E-state index in [1.807, 2.05) is 0 Å². The van der Waals surface area contributed by atoms with Crippen molar-refractivity contribution in [2.45, 2.75) is 6.42 Å². The number of ether oxygens (including phenoxy) is 1. The molecule has 0 unspecified atom stereocenters. The largest absolute Gasteiger partial charge is 0.508 e. The van der Waals surface area contributed by atoms with Gasteiger partial charge in [0.25, 0.3) is 0 Å². The van der Waals surface area contributed by atoms with Crippen molar-refractivity contribution in [3.63, 3.8) is 0 Å². The molecule has 2 aromatic rings. The van der Waals surface area contributed by atoms with Crippen LogP contribution >= 0.6 is 0 Å². The average molecular weight is 259 g/mol. The number of anilines is 1. The second-order valence-electron chi connectivity index (χ2n) is 4.04. The molecule has 0 spiro atoms. The van der Waals surface area contributed by atoms with Crippen LogP contribution in [0.5, 0.6) is 17.2 Å². The lowest BCUT2D eigenvalue weighted by atomic mass is 10.1. The summed E-state index contributed by atoms with van der Waals surface area (Å²) in [5.74, 6) is 0.221. The first-order valence-electron chi connectivity index (χ1n) is 5.61. The molecule has 0 aliphatic rings. The van der Waals surface area contributed by atoms with Crippen LogP contribution in [0.2, 0.25) is 0 Å². The Labute approximate surface area is 109 Å². The molecule has 0 atom stereocenters. The predicted octanol–water partition coefficient (Wildman–Crippen LogP) is 2.39. The van der Waals surface area contributed by atoms with Crippen molar-refractivity contribution >= 4 is 11.7 Å². The number of nitrogen functional groups attached to an aromatic ring is 1. The summed E-state index contributed by atoms with van der Waals surface area (Å²) in [5, 5.41) is 17.9. The lowest BCUT2D eigenvalue weighted by Gasteiger charge is -2.09. The summed E-state index contributed by atoms with van der Waals surface area (Å²) in [6, 6.07) is 11.1. The van der Waals surface area contributed by atoms with Crippen molar-refractivity contribution < 1.29 is 19.7 Å². The van der Waals surface area contributed by atoms with Gasteiger partial charge in [-0.05, 0) is 42.0 Å². The van der Waals surface area contributed by atoms with Crippen LogP contribution in [0, 0.1) is 0 Å². The normalized spacial score (nSPS) is 10.1. The molecule has 0 fully saturated rings. The number of carboxylic acid groups (broad SMARTS) is 1. The molecule has 0 aliphatic carbocycles. The molecule has 2 rings (SSSR count). The summed E-state index contributed by atoms with van der Waals surface area (Å²) >= 11 is 0. The number of hydrogen-bond donors (Lipinski definition) is 3. The lowest BCUT2D eigenvalue weighted by molar-refractivity contribution is -0.136. The fraction of sp³-hybridized carbons (Fsp3) is 0.0714. The first-order valence-corrected chi connectivity index (χ1v) is 5.61. The summed E-state index contributed by atoms with van der Waals surface area (Å²) in [7, 11) is 0. The van der Waals surface area contributed by atoms with E-state index in [0.29, 0.717) is 22.7 Å². The highest BCUT2D eigenvalue weighted by molar-refractivity contribution is 5.71. The topological polar surface area (TPSA) is 92.8 Å². The molecule has 0 saturated heterocycles. The predicted molar refractivity (Wildman–Crippen MR) is 70.4 cm³/mol. The molecule has 5 heteroatoms. The first-order chi connectivity index (χ1) is 9.04. The minimum Gasteiger partial charge on any atom is -0.508 e. The number of phenols is 1. The summed E-state index contributed by atoms with van der Waals surface area (Å²) < 4.78 is 5.54. The van der Waals surface area contributed by atoms with E-state index in [4.69, 9.17) is 20.7 Å². The Hall–Kier alpha value is -2.69. The third-order valence-corrected chi connectivity index (χ3v) is 2.49. The quantitative estimate of drug-likeness (QED) is 0.733. The van der Waals surface area contributed by atoms with Gasteiger partial charge in [0.05, 0.1) is 12.1 Å². The molecular formula is C14H13NO4. The van der Waals surface area contributed by atoms with Crippen LogP contribution in [0.25, 0.3) is 0 Å². The fourth-order valence-electron chi connectivity index (χ4n) is 1.62. The van der Waals surface area contributed by atoms with E-state index in [1.54, 1.807) is 30.3 Å². The van der Waals surface area contributed by atoms with E-state index in [-0.39, 0.29) is 12.2 Å². The summed E-state index contributed by atoms with van der Waals surface area (Å²) in [5.41, 5.74) is 6.79.